The number of aryl methyl sites for hydroxylation is 2. The predicted octanol–water partition coefficient (Wildman–Crippen LogP) is 6.61. The Morgan fingerprint density at radius 1 is 1.03 bits per heavy atom. The van der Waals surface area contributed by atoms with Gasteiger partial charge in [0.1, 0.15) is 17.1 Å². The summed E-state index contributed by atoms with van der Waals surface area (Å²) in [5, 5.41) is 6.89. The van der Waals surface area contributed by atoms with E-state index in [0.717, 1.165) is 43.5 Å². The van der Waals surface area contributed by atoms with E-state index in [1.807, 2.05) is 56.3 Å². The van der Waals surface area contributed by atoms with Crippen molar-refractivity contribution in [1.82, 2.24) is 14.5 Å². The monoisotopic (exact) mass is 515 g/mol. The molecule has 0 atom stereocenters. The SMILES string of the molecule is COc1ccc(Br)cc1NC(=O)Nc1c(C)ccc2c1nc(C)n2-c1ccnc2ccccc12. The molecule has 0 saturated carbocycles. The van der Waals surface area contributed by atoms with E-state index in [2.05, 4.69) is 42.2 Å². The number of fused-ring (bicyclic) bond motifs is 2. The van der Waals surface area contributed by atoms with Crippen molar-refractivity contribution in [3.05, 3.63) is 82.7 Å². The minimum atomic E-state index is -0.381. The molecular formula is C26H22BrN5O2. The molecular weight excluding hydrogens is 494 g/mol. The van der Waals surface area contributed by atoms with Gasteiger partial charge in [-0.15, -0.1) is 0 Å². The maximum atomic E-state index is 13.0. The number of pyridine rings is 1. The summed E-state index contributed by atoms with van der Waals surface area (Å²) < 4.78 is 8.29. The van der Waals surface area contributed by atoms with Crippen molar-refractivity contribution in [2.24, 2.45) is 0 Å². The first-order valence-corrected chi connectivity index (χ1v) is 11.5. The van der Waals surface area contributed by atoms with Gasteiger partial charge in [-0.2, -0.15) is 0 Å². The van der Waals surface area contributed by atoms with Crippen LogP contribution in [0.4, 0.5) is 16.2 Å². The van der Waals surface area contributed by atoms with E-state index >= 15 is 0 Å². The normalized spacial score (nSPS) is 11.1. The second-order valence-corrected chi connectivity index (χ2v) is 8.81. The van der Waals surface area contributed by atoms with Gasteiger partial charge in [0.25, 0.3) is 0 Å². The second kappa shape index (κ2) is 8.79. The number of halogens is 1. The third kappa shape index (κ3) is 3.86. The number of urea groups is 1. The number of anilines is 2. The number of benzene rings is 3. The van der Waals surface area contributed by atoms with Crippen LogP contribution in [0.2, 0.25) is 0 Å². The summed E-state index contributed by atoms with van der Waals surface area (Å²) in [6.45, 7) is 3.91. The largest absolute Gasteiger partial charge is 0.495 e. The highest BCUT2D eigenvalue weighted by Gasteiger charge is 2.18. The van der Waals surface area contributed by atoms with Gasteiger partial charge in [-0.05, 0) is 55.8 Å². The van der Waals surface area contributed by atoms with E-state index in [0.29, 0.717) is 17.1 Å². The van der Waals surface area contributed by atoms with Gasteiger partial charge in [-0.1, -0.05) is 40.2 Å². The minimum Gasteiger partial charge on any atom is -0.495 e. The molecule has 0 aliphatic carbocycles. The Hall–Kier alpha value is -3.91. The van der Waals surface area contributed by atoms with Gasteiger partial charge in [0.05, 0.1) is 35.2 Å². The summed E-state index contributed by atoms with van der Waals surface area (Å²) in [6.07, 6.45) is 1.80. The number of hydrogen-bond acceptors (Lipinski definition) is 4. The standard InChI is InChI=1S/C26H22BrN5O2/c1-15-8-10-22-25(24(15)31-26(33)30-20-14-17(27)9-11-23(20)34-3)29-16(2)32(22)21-12-13-28-19-7-5-4-6-18(19)21/h4-14H,1-3H3,(H2,30,31,33). The zero-order chi connectivity index (χ0) is 23.8. The van der Waals surface area contributed by atoms with E-state index in [1.165, 1.54) is 0 Å². The maximum Gasteiger partial charge on any atom is 0.323 e. The second-order valence-electron chi connectivity index (χ2n) is 7.89. The number of rotatable bonds is 4. The number of nitrogens with one attached hydrogen (secondary N) is 2. The van der Waals surface area contributed by atoms with Crippen LogP contribution in [-0.2, 0) is 0 Å². The predicted molar refractivity (Wildman–Crippen MR) is 139 cm³/mol. The lowest BCUT2D eigenvalue weighted by molar-refractivity contribution is 0.262. The summed E-state index contributed by atoms with van der Waals surface area (Å²) in [5.74, 6) is 1.38. The van der Waals surface area contributed by atoms with Gasteiger partial charge in [-0.3, -0.25) is 9.55 Å². The van der Waals surface area contributed by atoms with Crippen LogP contribution < -0.4 is 15.4 Å². The van der Waals surface area contributed by atoms with Crippen LogP contribution in [-0.4, -0.2) is 27.7 Å². The number of methoxy groups -OCH3 is 1. The van der Waals surface area contributed by atoms with E-state index in [4.69, 9.17) is 9.72 Å². The molecule has 5 aromatic rings. The van der Waals surface area contributed by atoms with Crippen molar-refractivity contribution in [2.45, 2.75) is 13.8 Å². The fourth-order valence-corrected chi connectivity index (χ4v) is 4.50. The van der Waals surface area contributed by atoms with Gasteiger partial charge in [0, 0.05) is 16.1 Å². The summed E-state index contributed by atoms with van der Waals surface area (Å²) in [6, 6.07) is 19.1. The van der Waals surface area contributed by atoms with Crippen molar-refractivity contribution in [2.75, 3.05) is 17.7 Å². The van der Waals surface area contributed by atoms with Crippen molar-refractivity contribution in [1.29, 1.82) is 0 Å². The number of aromatic nitrogens is 3. The smallest absolute Gasteiger partial charge is 0.323 e. The number of ether oxygens (including phenoxy) is 1. The zero-order valence-corrected chi connectivity index (χ0v) is 20.5. The molecule has 34 heavy (non-hydrogen) atoms. The molecule has 0 bridgehead atoms. The number of hydrogen-bond donors (Lipinski definition) is 2. The first-order chi connectivity index (χ1) is 16.5. The van der Waals surface area contributed by atoms with Gasteiger partial charge >= 0.3 is 6.03 Å². The summed E-state index contributed by atoms with van der Waals surface area (Å²) in [5.41, 5.74) is 5.64. The Balaban J connectivity index is 1.57. The van der Waals surface area contributed by atoms with Crippen LogP contribution >= 0.6 is 15.9 Å². The van der Waals surface area contributed by atoms with Gasteiger partial charge in [0.15, 0.2) is 0 Å². The summed E-state index contributed by atoms with van der Waals surface area (Å²) in [7, 11) is 1.56. The van der Waals surface area contributed by atoms with Crippen LogP contribution in [0.3, 0.4) is 0 Å². The molecule has 0 saturated heterocycles. The lowest BCUT2D eigenvalue weighted by atomic mass is 10.1. The topological polar surface area (TPSA) is 81.1 Å². The molecule has 0 aliphatic heterocycles. The van der Waals surface area contributed by atoms with Crippen LogP contribution in [0.15, 0.2) is 71.3 Å². The highest BCUT2D eigenvalue weighted by Crippen LogP contribution is 2.33. The third-order valence-corrected chi connectivity index (χ3v) is 6.21. The molecule has 0 unspecified atom stereocenters. The van der Waals surface area contributed by atoms with Crippen molar-refractivity contribution in [3.63, 3.8) is 0 Å². The summed E-state index contributed by atoms with van der Waals surface area (Å²) >= 11 is 3.43. The Bertz CT molecular complexity index is 1560. The fourth-order valence-electron chi connectivity index (χ4n) is 4.14. The lowest BCUT2D eigenvalue weighted by Crippen LogP contribution is -2.20. The molecule has 170 valence electrons. The molecule has 0 fully saturated rings. The fraction of sp³-hybridized carbons (Fsp3) is 0.115. The maximum absolute atomic E-state index is 13.0. The molecule has 2 amide bonds. The molecule has 2 aromatic heterocycles. The van der Waals surface area contributed by atoms with Crippen LogP contribution in [0.1, 0.15) is 11.4 Å². The first kappa shape index (κ1) is 21.9. The van der Waals surface area contributed by atoms with Crippen LogP contribution in [0.25, 0.3) is 27.6 Å². The highest BCUT2D eigenvalue weighted by atomic mass is 79.9. The van der Waals surface area contributed by atoms with Crippen molar-refractivity contribution in [3.8, 4) is 11.4 Å². The molecule has 2 N–H and O–H groups in total. The molecule has 8 heteroatoms. The average Bonchev–Trinajstić information content (AvgIpc) is 3.16. The molecule has 2 heterocycles. The molecule has 0 spiro atoms. The molecule has 3 aromatic carbocycles. The number of imidazole rings is 1. The minimum absolute atomic E-state index is 0.381. The highest BCUT2D eigenvalue weighted by molar-refractivity contribution is 9.10. The quantitative estimate of drug-likeness (QED) is 0.282. The Morgan fingerprint density at radius 2 is 1.85 bits per heavy atom. The third-order valence-electron chi connectivity index (χ3n) is 5.72. The van der Waals surface area contributed by atoms with Gasteiger partial charge in [-0.25, -0.2) is 9.78 Å². The van der Waals surface area contributed by atoms with Crippen molar-refractivity contribution < 1.29 is 9.53 Å². The van der Waals surface area contributed by atoms with Crippen molar-refractivity contribution >= 4 is 55.3 Å². The van der Waals surface area contributed by atoms with Crippen LogP contribution in [0.5, 0.6) is 5.75 Å². The zero-order valence-electron chi connectivity index (χ0n) is 18.9. The number of carbonyl (C=O) groups is 1. The lowest BCUT2D eigenvalue weighted by Gasteiger charge is -2.14. The molecule has 7 nitrogen and oxygen atoms in total. The number of para-hydroxylation sites is 1. The molecule has 5 rings (SSSR count). The number of nitrogens with zero attached hydrogens (tertiary/aromatic N) is 3. The summed E-state index contributed by atoms with van der Waals surface area (Å²) in [4.78, 5) is 22.3. The Kier molecular flexibility index (Phi) is 5.67. The first-order valence-electron chi connectivity index (χ1n) is 10.7. The Labute approximate surface area is 204 Å². The van der Waals surface area contributed by atoms with Crippen LogP contribution in [0, 0.1) is 13.8 Å². The molecule has 0 aliphatic rings. The number of amides is 2. The van der Waals surface area contributed by atoms with E-state index in [9.17, 15) is 4.79 Å². The van der Waals surface area contributed by atoms with E-state index in [-0.39, 0.29) is 6.03 Å². The molecule has 0 radical (unpaired) electrons. The van der Waals surface area contributed by atoms with E-state index < -0.39 is 0 Å². The average molecular weight is 516 g/mol. The van der Waals surface area contributed by atoms with Gasteiger partial charge < -0.3 is 15.4 Å². The Morgan fingerprint density at radius 3 is 2.68 bits per heavy atom. The van der Waals surface area contributed by atoms with E-state index in [1.54, 1.807) is 25.4 Å². The number of carbonyl (C=O) groups excluding carboxylic acids is 1. The van der Waals surface area contributed by atoms with Gasteiger partial charge in [0.2, 0.25) is 0 Å².